The fourth-order valence-corrected chi connectivity index (χ4v) is 1.81. The van der Waals surface area contributed by atoms with Crippen LogP contribution in [-0.4, -0.2) is 39.7 Å². The first-order valence-electron chi connectivity index (χ1n) is 5.26. The molecular formula is C10H16N4O. The van der Waals surface area contributed by atoms with Crippen molar-refractivity contribution in [1.82, 2.24) is 14.7 Å². The lowest BCUT2D eigenvalue weighted by molar-refractivity contribution is -0.130. The van der Waals surface area contributed by atoms with Gasteiger partial charge in [0.2, 0.25) is 5.91 Å². The summed E-state index contributed by atoms with van der Waals surface area (Å²) in [5.41, 5.74) is 5.74. The number of hydrogen-bond donors (Lipinski definition) is 1. The van der Waals surface area contributed by atoms with Crippen molar-refractivity contribution in [3.63, 3.8) is 0 Å². The first-order chi connectivity index (χ1) is 7.25. The van der Waals surface area contributed by atoms with Crippen molar-refractivity contribution in [1.29, 1.82) is 0 Å². The van der Waals surface area contributed by atoms with E-state index in [0.29, 0.717) is 19.5 Å². The fraction of sp³-hybridized carbons (Fsp3) is 0.600. The average Bonchev–Trinajstić information content (AvgIpc) is 2.84. The molecule has 5 heteroatoms. The summed E-state index contributed by atoms with van der Waals surface area (Å²) >= 11 is 0. The lowest BCUT2D eigenvalue weighted by atomic mass is 10.3. The summed E-state index contributed by atoms with van der Waals surface area (Å²) in [6.45, 7) is 2.16. The van der Waals surface area contributed by atoms with E-state index in [2.05, 4.69) is 5.10 Å². The van der Waals surface area contributed by atoms with Crippen LogP contribution in [-0.2, 0) is 11.3 Å². The van der Waals surface area contributed by atoms with Crippen LogP contribution in [0, 0.1) is 0 Å². The van der Waals surface area contributed by atoms with Crippen molar-refractivity contribution < 1.29 is 4.79 Å². The van der Waals surface area contributed by atoms with Crippen molar-refractivity contribution in [3.05, 3.63) is 18.5 Å². The van der Waals surface area contributed by atoms with Crippen LogP contribution >= 0.6 is 0 Å². The Balaban J connectivity index is 1.78. The molecule has 1 amide bonds. The van der Waals surface area contributed by atoms with E-state index in [-0.39, 0.29) is 11.9 Å². The van der Waals surface area contributed by atoms with E-state index in [0.717, 1.165) is 13.0 Å². The van der Waals surface area contributed by atoms with Gasteiger partial charge in [-0.25, -0.2) is 0 Å². The van der Waals surface area contributed by atoms with Crippen LogP contribution < -0.4 is 5.73 Å². The van der Waals surface area contributed by atoms with E-state index in [9.17, 15) is 4.79 Å². The van der Waals surface area contributed by atoms with Crippen molar-refractivity contribution in [2.75, 3.05) is 13.1 Å². The number of hydrogen-bond acceptors (Lipinski definition) is 3. The maximum absolute atomic E-state index is 11.7. The van der Waals surface area contributed by atoms with Gasteiger partial charge >= 0.3 is 0 Å². The largest absolute Gasteiger partial charge is 0.341 e. The minimum absolute atomic E-state index is 0.165. The molecule has 1 aliphatic rings. The lowest BCUT2D eigenvalue weighted by Crippen LogP contribution is -2.32. The van der Waals surface area contributed by atoms with Gasteiger partial charge in [-0.3, -0.25) is 9.48 Å². The third-order valence-corrected chi connectivity index (χ3v) is 2.69. The highest BCUT2D eigenvalue weighted by Gasteiger charge is 2.22. The molecule has 0 bridgehead atoms. The van der Waals surface area contributed by atoms with Crippen molar-refractivity contribution in [2.45, 2.75) is 25.4 Å². The zero-order valence-electron chi connectivity index (χ0n) is 8.67. The van der Waals surface area contributed by atoms with Gasteiger partial charge in [0.25, 0.3) is 0 Å². The van der Waals surface area contributed by atoms with E-state index < -0.39 is 0 Å². The average molecular weight is 208 g/mol. The summed E-state index contributed by atoms with van der Waals surface area (Å²) in [6.07, 6.45) is 5.02. The van der Waals surface area contributed by atoms with Gasteiger partial charge < -0.3 is 10.6 Å². The number of likely N-dealkylation sites (tertiary alicyclic amines) is 1. The van der Waals surface area contributed by atoms with Crippen LogP contribution in [0.3, 0.4) is 0 Å². The first-order valence-corrected chi connectivity index (χ1v) is 5.26. The Kier molecular flexibility index (Phi) is 3.01. The number of nitrogens with two attached hydrogens (primary N) is 1. The molecule has 1 aromatic heterocycles. The fourth-order valence-electron chi connectivity index (χ4n) is 1.81. The van der Waals surface area contributed by atoms with Crippen LogP contribution in [0.2, 0.25) is 0 Å². The topological polar surface area (TPSA) is 64.2 Å². The van der Waals surface area contributed by atoms with Crippen molar-refractivity contribution in [3.8, 4) is 0 Å². The van der Waals surface area contributed by atoms with Crippen molar-refractivity contribution >= 4 is 5.91 Å². The van der Waals surface area contributed by atoms with Crippen LogP contribution in [0.1, 0.15) is 12.8 Å². The predicted molar refractivity (Wildman–Crippen MR) is 56.0 cm³/mol. The summed E-state index contributed by atoms with van der Waals surface area (Å²) in [5.74, 6) is 0.179. The Hall–Kier alpha value is -1.36. The molecule has 0 aliphatic carbocycles. The predicted octanol–water partition coefficient (Wildman–Crippen LogP) is -0.167. The van der Waals surface area contributed by atoms with Gasteiger partial charge in [0.05, 0.1) is 0 Å². The maximum atomic E-state index is 11.7. The van der Waals surface area contributed by atoms with E-state index in [1.807, 2.05) is 17.2 Å². The summed E-state index contributed by atoms with van der Waals surface area (Å²) < 4.78 is 1.77. The second-order valence-corrected chi connectivity index (χ2v) is 3.91. The second kappa shape index (κ2) is 4.44. The monoisotopic (exact) mass is 208 g/mol. The number of amides is 1. The second-order valence-electron chi connectivity index (χ2n) is 3.91. The summed E-state index contributed by atoms with van der Waals surface area (Å²) in [5, 5.41) is 4.05. The third kappa shape index (κ3) is 2.56. The molecule has 2 N–H and O–H groups in total. The summed E-state index contributed by atoms with van der Waals surface area (Å²) in [4.78, 5) is 13.6. The number of carbonyl (C=O) groups excluding carboxylic acids is 1. The standard InChI is InChI=1S/C10H16N4O/c11-9-2-6-13(8-9)10(15)3-7-14-5-1-4-12-14/h1,4-5,9H,2-3,6-8,11H2/t9-/m1/s1. The van der Waals surface area contributed by atoms with Gasteiger partial charge in [0.15, 0.2) is 0 Å². The van der Waals surface area contributed by atoms with Crippen molar-refractivity contribution in [2.24, 2.45) is 5.73 Å². The van der Waals surface area contributed by atoms with E-state index >= 15 is 0 Å². The molecule has 1 fully saturated rings. The molecule has 0 saturated carbocycles. The zero-order valence-corrected chi connectivity index (χ0v) is 8.67. The van der Waals surface area contributed by atoms with Crippen LogP contribution in [0.5, 0.6) is 0 Å². The summed E-state index contributed by atoms with van der Waals surface area (Å²) in [7, 11) is 0. The quantitative estimate of drug-likeness (QED) is 0.750. The number of carbonyl (C=O) groups is 1. The number of nitrogens with zero attached hydrogens (tertiary/aromatic N) is 3. The SMILES string of the molecule is N[C@@H]1CCN(C(=O)CCn2cccn2)C1. The van der Waals surface area contributed by atoms with E-state index in [4.69, 9.17) is 5.73 Å². The molecular weight excluding hydrogens is 192 g/mol. The molecule has 0 spiro atoms. The number of aromatic nitrogens is 2. The normalized spacial score (nSPS) is 20.9. The Morgan fingerprint density at radius 3 is 3.07 bits per heavy atom. The van der Waals surface area contributed by atoms with Crippen LogP contribution in [0.25, 0.3) is 0 Å². The molecule has 5 nitrogen and oxygen atoms in total. The number of rotatable bonds is 3. The van der Waals surface area contributed by atoms with Gasteiger partial charge in [-0.15, -0.1) is 0 Å². The first kappa shape index (κ1) is 10.2. The molecule has 2 heterocycles. The molecule has 2 rings (SSSR count). The smallest absolute Gasteiger partial charge is 0.224 e. The van der Waals surface area contributed by atoms with E-state index in [1.54, 1.807) is 10.9 Å². The van der Waals surface area contributed by atoms with Crippen LogP contribution in [0.4, 0.5) is 0 Å². The molecule has 15 heavy (non-hydrogen) atoms. The molecule has 0 aromatic carbocycles. The summed E-state index contributed by atoms with van der Waals surface area (Å²) in [6, 6.07) is 2.02. The Labute approximate surface area is 88.8 Å². The molecule has 1 atom stereocenters. The molecule has 0 unspecified atom stereocenters. The van der Waals surface area contributed by atoms with Gasteiger partial charge in [0.1, 0.15) is 0 Å². The molecule has 1 aliphatic heterocycles. The van der Waals surface area contributed by atoms with Gasteiger partial charge in [0, 0.05) is 44.5 Å². The van der Waals surface area contributed by atoms with E-state index in [1.165, 1.54) is 0 Å². The third-order valence-electron chi connectivity index (χ3n) is 2.69. The Morgan fingerprint density at radius 2 is 2.47 bits per heavy atom. The molecule has 82 valence electrons. The highest BCUT2D eigenvalue weighted by atomic mass is 16.2. The maximum Gasteiger partial charge on any atom is 0.224 e. The van der Waals surface area contributed by atoms with Crippen LogP contribution in [0.15, 0.2) is 18.5 Å². The van der Waals surface area contributed by atoms with Gasteiger partial charge in [-0.1, -0.05) is 0 Å². The highest BCUT2D eigenvalue weighted by Crippen LogP contribution is 2.08. The minimum Gasteiger partial charge on any atom is -0.341 e. The lowest BCUT2D eigenvalue weighted by Gasteiger charge is -2.15. The highest BCUT2D eigenvalue weighted by molar-refractivity contribution is 5.76. The Morgan fingerprint density at radius 1 is 1.60 bits per heavy atom. The molecule has 1 saturated heterocycles. The number of aryl methyl sites for hydroxylation is 1. The van der Waals surface area contributed by atoms with Gasteiger partial charge in [-0.05, 0) is 12.5 Å². The molecule has 1 aromatic rings. The Bertz CT molecular complexity index is 322. The van der Waals surface area contributed by atoms with Gasteiger partial charge in [-0.2, -0.15) is 5.10 Å². The minimum atomic E-state index is 0.165. The molecule has 0 radical (unpaired) electrons. The zero-order chi connectivity index (χ0) is 10.7.